The Morgan fingerprint density at radius 2 is 2.04 bits per heavy atom. The zero-order valence-electron chi connectivity index (χ0n) is 13.1. The Bertz CT molecular complexity index is 790. The first-order chi connectivity index (χ1) is 11.2. The van der Waals surface area contributed by atoms with Crippen molar-refractivity contribution in [3.63, 3.8) is 0 Å². The molecule has 0 aliphatic carbocycles. The van der Waals surface area contributed by atoms with Crippen LogP contribution in [0, 0.1) is 6.92 Å². The van der Waals surface area contributed by atoms with Crippen molar-refractivity contribution in [2.75, 3.05) is 0 Å². The third kappa shape index (κ3) is 3.15. The summed E-state index contributed by atoms with van der Waals surface area (Å²) in [5.74, 6) is 0.599. The number of carbonyl (C=O) groups excluding carboxylic acids is 1. The lowest BCUT2D eigenvalue weighted by Crippen LogP contribution is -2.29. The smallest absolute Gasteiger partial charge is 0.255 e. The van der Waals surface area contributed by atoms with Gasteiger partial charge in [-0.05, 0) is 13.3 Å². The van der Waals surface area contributed by atoms with E-state index in [0.29, 0.717) is 11.3 Å². The van der Waals surface area contributed by atoms with E-state index in [2.05, 4.69) is 25.5 Å². The minimum absolute atomic E-state index is 0.158. The molecule has 3 rings (SSSR count). The Hall–Kier alpha value is -2.89. The quantitative estimate of drug-likeness (QED) is 0.677. The van der Waals surface area contributed by atoms with Crippen LogP contribution in [0.25, 0.3) is 11.3 Å². The van der Waals surface area contributed by atoms with Gasteiger partial charge in [-0.15, -0.1) is 0 Å². The second kappa shape index (κ2) is 6.48. The summed E-state index contributed by atoms with van der Waals surface area (Å²) in [6, 6.07) is 9.52. The van der Waals surface area contributed by atoms with Gasteiger partial charge in [-0.25, -0.2) is 4.98 Å². The van der Waals surface area contributed by atoms with Gasteiger partial charge >= 0.3 is 0 Å². The molecule has 2 aromatic heterocycles. The number of imidazole rings is 1. The molecule has 0 saturated heterocycles. The Morgan fingerprint density at radius 1 is 1.26 bits per heavy atom. The summed E-state index contributed by atoms with van der Waals surface area (Å²) in [5.41, 5.74) is 3.14. The number of rotatable bonds is 5. The highest BCUT2D eigenvalue weighted by Crippen LogP contribution is 2.22. The van der Waals surface area contributed by atoms with Crippen LogP contribution in [0.2, 0.25) is 0 Å². The molecule has 0 bridgehead atoms. The van der Waals surface area contributed by atoms with Gasteiger partial charge in [0.25, 0.3) is 5.91 Å². The van der Waals surface area contributed by atoms with Crippen LogP contribution in [-0.2, 0) is 0 Å². The van der Waals surface area contributed by atoms with Gasteiger partial charge in [-0.2, -0.15) is 5.10 Å². The zero-order valence-corrected chi connectivity index (χ0v) is 13.1. The molecule has 0 aliphatic heterocycles. The lowest BCUT2D eigenvalue weighted by atomic mass is 10.1. The third-order valence-corrected chi connectivity index (χ3v) is 3.71. The van der Waals surface area contributed by atoms with Gasteiger partial charge in [0.05, 0.1) is 23.5 Å². The first-order valence-corrected chi connectivity index (χ1v) is 7.60. The molecule has 6 nitrogen and oxygen atoms in total. The molecular weight excluding hydrogens is 290 g/mol. The van der Waals surface area contributed by atoms with Gasteiger partial charge in [-0.1, -0.05) is 37.3 Å². The molecule has 0 fully saturated rings. The summed E-state index contributed by atoms with van der Waals surface area (Å²) in [7, 11) is 0. The average Bonchev–Trinajstić information content (AvgIpc) is 3.22. The van der Waals surface area contributed by atoms with Crippen LogP contribution < -0.4 is 5.32 Å². The molecule has 3 aromatic rings. The summed E-state index contributed by atoms with van der Waals surface area (Å²) in [6.45, 7) is 3.95. The summed E-state index contributed by atoms with van der Waals surface area (Å²) < 4.78 is 0. The van der Waals surface area contributed by atoms with E-state index >= 15 is 0 Å². The number of hydrogen-bond donors (Lipinski definition) is 3. The van der Waals surface area contributed by atoms with Crippen molar-refractivity contribution >= 4 is 5.91 Å². The molecule has 0 radical (unpaired) electrons. The molecule has 2 heterocycles. The van der Waals surface area contributed by atoms with Crippen molar-refractivity contribution in [3.05, 3.63) is 59.8 Å². The maximum Gasteiger partial charge on any atom is 0.255 e. The van der Waals surface area contributed by atoms with Crippen molar-refractivity contribution in [3.8, 4) is 11.3 Å². The fraction of sp³-hybridized carbons (Fsp3) is 0.235. The van der Waals surface area contributed by atoms with E-state index in [9.17, 15) is 4.79 Å². The van der Waals surface area contributed by atoms with Crippen molar-refractivity contribution in [1.29, 1.82) is 0 Å². The lowest BCUT2D eigenvalue weighted by Gasteiger charge is -2.14. The van der Waals surface area contributed by atoms with E-state index < -0.39 is 0 Å². The first-order valence-electron chi connectivity index (χ1n) is 7.60. The topological polar surface area (TPSA) is 86.5 Å². The fourth-order valence-corrected chi connectivity index (χ4v) is 2.49. The van der Waals surface area contributed by atoms with Gasteiger partial charge in [0.15, 0.2) is 0 Å². The molecule has 118 valence electrons. The lowest BCUT2D eigenvalue weighted by molar-refractivity contribution is 0.0934. The molecule has 1 amide bonds. The SMILES string of the molecule is CC[C@H](NC(=O)c1cn[nH]c1-c1ccccc1)c1ncc(C)[nH]1. The molecule has 0 aliphatic rings. The third-order valence-electron chi connectivity index (χ3n) is 3.71. The molecule has 0 saturated carbocycles. The Balaban J connectivity index is 1.83. The number of nitrogens with zero attached hydrogens (tertiary/aromatic N) is 2. The number of aryl methyl sites for hydroxylation is 1. The molecule has 23 heavy (non-hydrogen) atoms. The predicted octanol–water partition coefficient (Wildman–Crippen LogP) is 2.99. The standard InChI is InChI=1S/C17H19N5O/c1-3-14(16-18-9-11(2)20-16)21-17(23)13-10-19-22-15(13)12-7-5-4-6-8-12/h4-10,14H,3H2,1-2H3,(H,18,20)(H,19,22)(H,21,23)/t14-/m0/s1. The van der Waals surface area contributed by atoms with Gasteiger partial charge in [0, 0.05) is 17.5 Å². The van der Waals surface area contributed by atoms with E-state index in [1.807, 2.05) is 44.2 Å². The van der Waals surface area contributed by atoms with Gasteiger partial charge in [0.1, 0.15) is 5.82 Å². The second-order valence-corrected chi connectivity index (χ2v) is 5.41. The highest BCUT2D eigenvalue weighted by Gasteiger charge is 2.20. The van der Waals surface area contributed by atoms with Crippen molar-refractivity contribution in [2.24, 2.45) is 0 Å². The number of aromatic nitrogens is 4. The molecular formula is C17H19N5O. The largest absolute Gasteiger partial charge is 0.344 e. The van der Waals surface area contributed by atoms with Crippen LogP contribution in [0.15, 0.2) is 42.7 Å². The van der Waals surface area contributed by atoms with E-state index in [1.54, 1.807) is 12.4 Å². The fourth-order valence-electron chi connectivity index (χ4n) is 2.49. The number of H-pyrrole nitrogens is 2. The highest BCUT2D eigenvalue weighted by molar-refractivity contribution is 5.99. The number of amides is 1. The molecule has 6 heteroatoms. The summed E-state index contributed by atoms with van der Waals surface area (Å²) in [4.78, 5) is 20.1. The van der Waals surface area contributed by atoms with Crippen molar-refractivity contribution in [2.45, 2.75) is 26.3 Å². The Morgan fingerprint density at radius 3 is 2.70 bits per heavy atom. The zero-order chi connectivity index (χ0) is 16.2. The molecule has 0 unspecified atom stereocenters. The minimum Gasteiger partial charge on any atom is -0.344 e. The maximum absolute atomic E-state index is 12.6. The molecule has 0 spiro atoms. The average molecular weight is 309 g/mol. The predicted molar refractivity (Wildman–Crippen MR) is 87.8 cm³/mol. The van der Waals surface area contributed by atoms with Crippen LogP contribution in [-0.4, -0.2) is 26.1 Å². The number of nitrogens with one attached hydrogen (secondary N) is 3. The van der Waals surface area contributed by atoms with Crippen LogP contribution in [0.3, 0.4) is 0 Å². The highest BCUT2D eigenvalue weighted by atomic mass is 16.1. The van der Waals surface area contributed by atoms with Crippen LogP contribution in [0.5, 0.6) is 0 Å². The summed E-state index contributed by atoms with van der Waals surface area (Å²) in [5, 5.41) is 9.94. The van der Waals surface area contributed by atoms with Crippen LogP contribution in [0.4, 0.5) is 0 Å². The molecule has 1 atom stereocenters. The van der Waals surface area contributed by atoms with Gasteiger partial charge < -0.3 is 10.3 Å². The van der Waals surface area contributed by atoms with Crippen molar-refractivity contribution < 1.29 is 4.79 Å². The molecule has 1 aromatic carbocycles. The van der Waals surface area contributed by atoms with Crippen LogP contribution >= 0.6 is 0 Å². The normalized spacial score (nSPS) is 12.1. The van der Waals surface area contributed by atoms with Crippen molar-refractivity contribution in [1.82, 2.24) is 25.5 Å². The number of aromatic amines is 2. The van der Waals surface area contributed by atoms with E-state index in [-0.39, 0.29) is 11.9 Å². The van der Waals surface area contributed by atoms with Crippen LogP contribution in [0.1, 0.15) is 41.3 Å². The monoisotopic (exact) mass is 309 g/mol. The maximum atomic E-state index is 12.6. The number of hydrogen-bond acceptors (Lipinski definition) is 3. The van der Waals surface area contributed by atoms with Gasteiger partial charge in [-0.3, -0.25) is 9.89 Å². The first kappa shape index (κ1) is 15.0. The number of carbonyl (C=O) groups is 1. The Kier molecular flexibility index (Phi) is 4.23. The second-order valence-electron chi connectivity index (χ2n) is 5.41. The Labute approximate surface area is 134 Å². The molecule has 3 N–H and O–H groups in total. The van der Waals surface area contributed by atoms with E-state index in [4.69, 9.17) is 0 Å². The minimum atomic E-state index is -0.168. The van der Waals surface area contributed by atoms with E-state index in [1.165, 1.54) is 0 Å². The summed E-state index contributed by atoms with van der Waals surface area (Å²) in [6.07, 6.45) is 4.06. The number of benzene rings is 1. The van der Waals surface area contributed by atoms with E-state index in [0.717, 1.165) is 23.5 Å². The van der Waals surface area contributed by atoms with Gasteiger partial charge in [0.2, 0.25) is 0 Å². The summed E-state index contributed by atoms with van der Waals surface area (Å²) >= 11 is 0.